The van der Waals surface area contributed by atoms with Crippen molar-refractivity contribution in [1.82, 2.24) is 5.32 Å². The lowest BCUT2D eigenvalue weighted by Gasteiger charge is -2.11. The Morgan fingerprint density at radius 3 is 2.31 bits per heavy atom. The number of carbonyl (C=O) groups excluding carboxylic acids is 2. The number of sulfone groups is 1. The number of thioether (sulfide) groups is 1. The van der Waals surface area contributed by atoms with Crippen molar-refractivity contribution in [3.8, 4) is 0 Å². The first-order chi connectivity index (χ1) is 15.2. The quantitative estimate of drug-likeness (QED) is 0.207. The molecule has 0 aliphatic heterocycles. The van der Waals surface area contributed by atoms with Gasteiger partial charge in [0.2, 0.25) is 5.91 Å². The predicted octanol–water partition coefficient (Wildman–Crippen LogP) is 2.71. The van der Waals surface area contributed by atoms with Crippen LogP contribution in [0.4, 0.5) is 11.4 Å². The molecule has 0 radical (unpaired) electrons. The summed E-state index contributed by atoms with van der Waals surface area (Å²) < 4.78 is 29.6. The molecule has 1 atom stereocenters. The summed E-state index contributed by atoms with van der Waals surface area (Å²) in [5.74, 6) is -0.760. The fraction of sp³-hybridized carbons (Fsp3) is 0.333. The van der Waals surface area contributed by atoms with Gasteiger partial charge in [-0.1, -0.05) is 30.3 Å². The van der Waals surface area contributed by atoms with Crippen LogP contribution in [0.3, 0.4) is 0 Å². The first-order valence-electron chi connectivity index (χ1n) is 9.76. The van der Waals surface area contributed by atoms with Crippen LogP contribution in [0.15, 0.2) is 64.8 Å². The van der Waals surface area contributed by atoms with E-state index in [1.807, 2.05) is 30.3 Å². The maximum Gasteiger partial charge on any atom is 0.323 e. The Bertz CT molecular complexity index is 1010. The molecule has 2 aromatic rings. The number of benzene rings is 2. The second-order valence-corrected chi connectivity index (χ2v) is 10.0. The number of nitrogens with one attached hydrogen (secondary N) is 1. The number of carbonyl (C=O) groups is 2. The predicted molar refractivity (Wildman–Crippen MR) is 125 cm³/mol. The van der Waals surface area contributed by atoms with E-state index in [0.717, 1.165) is 5.69 Å². The van der Waals surface area contributed by atoms with Crippen LogP contribution in [0.2, 0.25) is 0 Å². The maximum absolute atomic E-state index is 12.3. The van der Waals surface area contributed by atoms with Gasteiger partial charge in [-0.15, -0.1) is 11.8 Å². The van der Waals surface area contributed by atoms with Crippen LogP contribution in [-0.4, -0.2) is 50.3 Å². The Labute approximate surface area is 191 Å². The van der Waals surface area contributed by atoms with Crippen molar-refractivity contribution >= 4 is 44.9 Å². The van der Waals surface area contributed by atoms with Crippen LogP contribution >= 0.6 is 11.8 Å². The number of azo groups is 1. The highest BCUT2D eigenvalue weighted by molar-refractivity contribution is 7.99. The topological polar surface area (TPSA) is 140 Å². The SMILES string of the molecule is CC(=O)NCSC[C@H](N)C(=O)OCCS(=O)(=O)Cc1ccc(N=Nc2ccccc2)cc1. The minimum Gasteiger partial charge on any atom is -0.463 e. The first-order valence-corrected chi connectivity index (χ1v) is 12.7. The lowest BCUT2D eigenvalue weighted by Crippen LogP contribution is -2.36. The summed E-state index contributed by atoms with van der Waals surface area (Å²) in [6.45, 7) is 1.12. The van der Waals surface area contributed by atoms with E-state index in [2.05, 4.69) is 15.5 Å². The van der Waals surface area contributed by atoms with E-state index in [0.29, 0.717) is 17.1 Å². The molecule has 0 saturated heterocycles. The van der Waals surface area contributed by atoms with E-state index >= 15 is 0 Å². The third-order valence-electron chi connectivity index (χ3n) is 4.02. The first kappa shape index (κ1) is 25.5. The summed E-state index contributed by atoms with van der Waals surface area (Å²) in [4.78, 5) is 22.6. The molecule has 172 valence electrons. The fourth-order valence-electron chi connectivity index (χ4n) is 2.38. The van der Waals surface area contributed by atoms with Gasteiger partial charge in [-0.05, 0) is 29.8 Å². The minimum atomic E-state index is -3.48. The van der Waals surface area contributed by atoms with Gasteiger partial charge in [-0.2, -0.15) is 10.2 Å². The average Bonchev–Trinajstić information content (AvgIpc) is 2.76. The minimum absolute atomic E-state index is 0.176. The van der Waals surface area contributed by atoms with Crippen LogP contribution in [0.1, 0.15) is 12.5 Å². The van der Waals surface area contributed by atoms with Crippen molar-refractivity contribution in [3.05, 3.63) is 60.2 Å². The molecule has 2 rings (SSSR count). The second-order valence-electron chi connectivity index (χ2n) is 6.82. The number of hydrogen-bond acceptors (Lipinski definition) is 9. The molecule has 0 fully saturated rings. The average molecular weight is 479 g/mol. The van der Waals surface area contributed by atoms with Crippen molar-refractivity contribution in [2.45, 2.75) is 18.7 Å². The monoisotopic (exact) mass is 478 g/mol. The number of nitrogens with two attached hydrogens (primary N) is 1. The van der Waals surface area contributed by atoms with E-state index in [-0.39, 0.29) is 29.8 Å². The van der Waals surface area contributed by atoms with Gasteiger partial charge in [0.25, 0.3) is 0 Å². The zero-order chi connectivity index (χ0) is 23.4. The molecule has 0 heterocycles. The Morgan fingerprint density at radius 1 is 1.06 bits per heavy atom. The van der Waals surface area contributed by atoms with Crippen LogP contribution in [0.25, 0.3) is 0 Å². The molecule has 3 N–H and O–H groups in total. The van der Waals surface area contributed by atoms with E-state index in [9.17, 15) is 18.0 Å². The molecule has 32 heavy (non-hydrogen) atoms. The van der Waals surface area contributed by atoms with Gasteiger partial charge in [-0.3, -0.25) is 9.59 Å². The molecular formula is C21H26N4O5S2. The molecule has 0 saturated carbocycles. The summed E-state index contributed by atoms with van der Waals surface area (Å²) >= 11 is 1.27. The van der Waals surface area contributed by atoms with Gasteiger partial charge in [-0.25, -0.2) is 8.42 Å². The fourth-order valence-corrected chi connectivity index (χ4v) is 4.37. The van der Waals surface area contributed by atoms with Gasteiger partial charge in [0.15, 0.2) is 9.84 Å². The third kappa shape index (κ3) is 10.0. The number of ether oxygens (including phenoxy) is 1. The number of nitrogens with zero attached hydrogens (tertiary/aromatic N) is 2. The Balaban J connectivity index is 1.75. The number of rotatable bonds is 12. The summed E-state index contributed by atoms with van der Waals surface area (Å²) in [7, 11) is -3.48. The molecule has 0 unspecified atom stereocenters. The van der Waals surface area contributed by atoms with Crippen molar-refractivity contribution in [2.75, 3.05) is 24.0 Å². The van der Waals surface area contributed by atoms with Crippen LogP contribution < -0.4 is 11.1 Å². The van der Waals surface area contributed by atoms with E-state index in [1.54, 1.807) is 24.3 Å². The molecule has 11 heteroatoms. The highest BCUT2D eigenvalue weighted by Gasteiger charge is 2.18. The highest BCUT2D eigenvalue weighted by Crippen LogP contribution is 2.19. The number of hydrogen-bond donors (Lipinski definition) is 2. The molecule has 1 amide bonds. The van der Waals surface area contributed by atoms with E-state index in [1.165, 1.54) is 18.7 Å². The maximum atomic E-state index is 12.3. The largest absolute Gasteiger partial charge is 0.463 e. The van der Waals surface area contributed by atoms with Crippen molar-refractivity contribution in [2.24, 2.45) is 16.0 Å². The zero-order valence-electron chi connectivity index (χ0n) is 17.6. The molecule has 0 aliphatic carbocycles. The Hall–Kier alpha value is -2.76. The van der Waals surface area contributed by atoms with Crippen LogP contribution in [0, 0.1) is 0 Å². The normalized spacial score (nSPS) is 12.4. The molecule has 0 aliphatic rings. The van der Waals surface area contributed by atoms with Crippen molar-refractivity contribution < 1.29 is 22.7 Å². The van der Waals surface area contributed by atoms with Gasteiger partial charge in [0.1, 0.15) is 12.6 Å². The van der Waals surface area contributed by atoms with Crippen LogP contribution in [-0.2, 0) is 29.9 Å². The molecular weight excluding hydrogens is 452 g/mol. The summed E-state index contributed by atoms with van der Waals surface area (Å²) in [6.07, 6.45) is 0. The van der Waals surface area contributed by atoms with Crippen molar-refractivity contribution in [3.63, 3.8) is 0 Å². The van der Waals surface area contributed by atoms with E-state index in [4.69, 9.17) is 10.5 Å². The zero-order valence-corrected chi connectivity index (χ0v) is 19.3. The lowest BCUT2D eigenvalue weighted by atomic mass is 10.2. The molecule has 0 bridgehead atoms. The van der Waals surface area contributed by atoms with Gasteiger partial charge in [0, 0.05) is 12.7 Å². The van der Waals surface area contributed by atoms with Crippen molar-refractivity contribution in [1.29, 1.82) is 0 Å². The van der Waals surface area contributed by atoms with Gasteiger partial charge >= 0.3 is 5.97 Å². The summed E-state index contributed by atoms with van der Waals surface area (Å²) in [6, 6.07) is 15.1. The Kier molecular flexibility index (Phi) is 10.3. The lowest BCUT2D eigenvalue weighted by molar-refractivity contribution is -0.143. The number of amides is 1. The summed E-state index contributed by atoms with van der Waals surface area (Å²) in [5.41, 5.74) is 7.64. The number of esters is 1. The molecule has 2 aromatic carbocycles. The third-order valence-corrected chi connectivity index (χ3v) is 6.53. The standard InChI is InChI=1S/C21H26N4O5S2/c1-16(26)23-15-31-13-20(22)21(27)30-11-12-32(28,29)14-17-7-9-19(10-8-17)25-24-18-5-3-2-4-6-18/h2-10,20H,11-15,22H2,1H3,(H,23,26)/t20-/m0/s1. The second kappa shape index (κ2) is 12.9. The van der Waals surface area contributed by atoms with E-state index < -0.39 is 21.8 Å². The Morgan fingerprint density at radius 2 is 1.69 bits per heavy atom. The van der Waals surface area contributed by atoms with Gasteiger partial charge < -0.3 is 15.8 Å². The smallest absolute Gasteiger partial charge is 0.323 e. The molecule has 0 spiro atoms. The van der Waals surface area contributed by atoms with Crippen LogP contribution in [0.5, 0.6) is 0 Å². The van der Waals surface area contributed by atoms with Gasteiger partial charge in [0.05, 0.1) is 28.8 Å². The highest BCUT2D eigenvalue weighted by atomic mass is 32.2. The molecule has 0 aromatic heterocycles. The molecule has 9 nitrogen and oxygen atoms in total. The summed E-state index contributed by atoms with van der Waals surface area (Å²) in [5, 5.41) is 10.8.